The fraction of sp³-hybridized carbons (Fsp3) is 0.300. The van der Waals surface area contributed by atoms with Crippen molar-refractivity contribution in [1.82, 2.24) is 9.80 Å². The highest BCUT2D eigenvalue weighted by atomic mass is 32.1. The van der Waals surface area contributed by atoms with Crippen molar-refractivity contribution in [3.05, 3.63) is 68.2 Å². The topological polar surface area (TPSA) is 53.8 Å². The Balaban J connectivity index is 1.47. The lowest BCUT2D eigenvalue weighted by Crippen LogP contribution is -2.48. The predicted octanol–water partition coefficient (Wildman–Crippen LogP) is 3.12. The molecule has 4 rings (SSSR count). The zero-order valence-electron chi connectivity index (χ0n) is 14.6. The molecule has 1 aliphatic heterocycles. The third-order valence-electron chi connectivity index (χ3n) is 4.77. The van der Waals surface area contributed by atoms with Crippen molar-refractivity contribution in [2.45, 2.75) is 13.5 Å². The van der Waals surface area contributed by atoms with Gasteiger partial charge in [-0.15, -0.1) is 11.3 Å². The van der Waals surface area contributed by atoms with E-state index < -0.39 is 0 Å². The zero-order valence-corrected chi connectivity index (χ0v) is 15.4. The number of carbonyl (C=O) groups excluding carboxylic acids is 1. The largest absolute Gasteiger partial charge is 0.423 e. The number of benzene rings is 1. The maximum Gasteiger partial charge on any atom is 0.336 e. The molecule has 0 N–H and O–H groups in total. The molecule has 3 heterocycles. The molecule has 0 aliphatic carbocycles. The lowest BCUT2D eigenvalue weighted by molar-refractivity contribution is 0.0633. The van der Waals surface area contributed by atoms with Crippen LogP contribution in [-0.4, -0.2) is 41.9 Å². The molecule has 6 heteroatoms. The first-order chi connectivity index (χ1) is 12.6. The number of nitrogens with zero attached hydrogens (tertiary/aromatic N) is 2. The summed E-state index contributed by atoms with van der Waals surface area (Å²) in [6.45, 7) is 5.67. The monoisotopic (exact) mass is 368 g/mol. The summed E-state index contributed by atoms with van der Waals surface area (Å²) in [5, 5.41) is 2.91. The fourth-order valence-electron chi connectivity index (χ4n) is 3.37. The minimum Gasteiger partial charge on any atom is -0.423 e. The van der Waals surface area contributed by atoms with Gasteiger partial charge >= 0.3 is 5.63 Å². The fourth-order valence-corrected chi connectivity index (χ4v) is 4.06. The minimum atomic E-state index is -0.315. The molecule has 1 aromatic carbocycles. The van der Waals surface area contributed by atoms with E-state index in [0.29, 0.717) is 25.2 Å². The molecule has 3 aromatic rings. The van der Waals surface area contributed by atoms with Gasteiger partial charge in [-0.3, -0.25) is 9.69 Å². The van der Waals surface area contributed by atoms with Crippen LogP contribution in [0.3, 0.4) is 0 Å². The van der Waals surface area contributed by atoms with Crippen molar-refractivity contribution in [1.29, 1.82) is 0 Å². The summed E-state index contributed by atoms with van der Waals surface area (Å²) in [6.07, 6.45) is 0. The van der Waals surface area contributed by atoms with Crippen molar-refractivity contribution in [2.24, 2.45) is 0 Å². The molecule has 1 amide bonds. The highest BCUT2D eigenvalue weighted by Gasteiger charge is 2.23. The third-order valence-corrected chi connectivity index (χ3v) is 5.63. The lowest BCUT2D eigenvalue weighted by Gasteiger charge is -2.34. The first kappa shape index (κ1) is 17.0. The summed E-state index contributed by atoms with van der Waals surface area (Å²) in [7, 11) is 0. The molecule has 1 fully saturated rings. The van der Waals surface area contributed by atoms with Gasteiger partial charge in [0, 0.05) is 44.2 Å². The Morgan fingerprint density at radius 1 is 1.15 bits per heavy atom. The van der Waals surface area contributed by atoms with Gasteiger partial charge in [0.05, 0.1) is 4.88 Å². The summed E-state index contributed by atoms with van der Waals surface area (Å²) < 4.78 is 5.34. The average molecular weight is 368 g/mol. The molecule has 0 saturated carbocycles. The second kappa shape index (κ2) is 7.05. The number of thiophene rings is 1. The van der Waals surface area contributed by atoms with E-state index in [9.17, 15) is 9.59 Å². The van der Waals surface area contributed by atoms with Gasteiger partial charge in [-0.1, -0.05) is 18.2 Å². The Hall–Kier alpha value is -2.44. The van der Waals surface area contributed by atoms with Crippen LogP contribution in [0.2, 0.25) is 0 Å². The Morgan fingerprint density at radius 2 is 1.96 bits per heavy atom. The zero-order chi connectivity index (χ0) is 18.1. The molecule has 26 heavy (non-hydrogen) atoms. The van der Waals surface area contributed by atoms with Crippen LogP contribution in [0.25, 0.3) is 11.0 Å². The van der Waals surface area contributed by atoms with Crippen molar-refractivity contribution in [3.8, 4) is 0 Å². The van der Waals surface area contributed by atoms with Crippen LogP contribution in [-0.2, 0) is 6.54 Å². The second-order valence-corrected chi connectivity index (χ2v) is 7.58. The van der Waals surface area contributed by atoms with Crippen molar-refractivity contribution >= 4 is 28.2 Å². The molecular weight excluding hydrogens is 348 g/mol. The molecule has 0 bridgehead atoms. The van der Waals surface area contributed by atoms with Crippen molar-refractivity contribution in [3.63, 3.8) is 0 Å². The quantitative estimate of drug-likeness (QED) is 0.667. The molecule has 0 radical (unpaired) electrons. The van der Waals surface area contributed by atoms with E-state index in [1.165, 1.54) is 11.3 Å². The van der Waals surface area contributed by atoms with E-state index >= 15 is 0 Å². The first-order valence-electron chi connectivity index (χ1n) is 8.69. The van der Waals surface area contributed by atoms with Gasteiger partial charge in [0.25, 0.3) is 5.91 Å². The number of hydrogen-bond acceptors (Lipinski definition) is 5. The van der Waals surface area contributed by atoms with Gasteiger partial charge in [0.15, 0.2) is 0 Å². The number of rotatable bonds is 3. The number of aryl methyl sites for hydroxylation is 1. The number of carbonyl (C=O) groups is 1. The third kappa shape index (κ3) is 3.43. The summed E-state index contributed by atoms with van der Waals surface area (Å²) in [6, 6.07) is 11.3. The van der Waals surface area contributed by atoms with Crippen LogP contribution < -0.4 is 5.63 Å². The second-order valence-electron chi connectivity index (χ2n) is 6.64. The molecule has 0 unspecified atom stereocenters. The maximum atomic E-state index is 12.4. The van der Waals surface area contributed by atoms with Gasteiger partial charge < -0.3 is 9.32 Å². The van der Waals surface area contributed by atoms with E-state index in [2.05, 4.69) is 4.90 Å². The van der Waals surface area contributed by atoms with Gasteiger partial charge in [-0.2, -0.15) is 0 Å². The summed E-state index contributed by atoms with van der Waals surface area (Å²) in [5.74, 6) is 0.112. The minimum absolute atomic E-state index is 0.112. The number of fused-ring (bicyclic) bond motifs is 1. The van der Waals surface area contributed by atoms with Crippen LogP contribution >= 0.6 is 11.3 Å². The van der Waals surface area contributed by atoms with E-state index in [1.807, 2.05) is 47.5 Å². The van der Waals surface area contributed by atoms with Gasteiger partial charge in [0.1, 0.15) is 5.58 Å². The molecular formula is C20H20N2O3S. The smallest absolute Gasteiger partial charge is 0.336 e. The first-order valence-corrected chi connectivity index (χ1v) is 9.57. The summed E-state index contributed by atoms with van der Waals surface area (Å²) in [5.41, 5.74) is 2.37. The highest BCUT2D eigenvalue weighted by Crippen LogP contribution is 2.21. The molecule has 5 nitrogen and oxygen atoms in total. The van der Waals surface area contributed by atoms with Crippen LogP contribution in [0.1, 0.15) is 20.8 Å². The standard InChI is InChI=1S/C20H20N2O3S/c1-14-4-5-16-15(12-19(23)25-17(16)11-14)13-21-6-8-22(9-7-21)20(24)18-3-2-10-26-18/h2-5,10-12H,6-9,13H2,1H3. The van der Waals surface area contributed by atoms with Crippen LogP contribution in [0, 0.1) is 6.92 Å². The van der Waals surface area contributed by atoms with Crippen LogP contribution in [0.15, 0.2) is 51.0 Å². The SMILES string of the molecule is Cc1ccc2c(CN3CCN(C(=O)c4cccs4)CC3)cc(=O)oc2c1. The maximum absolute atomic E-state index is 12.4. The Bertz CT molecular complexity index is 986. The molecule has 1 aliphatic rings. The highest BCUT2D eigenvalue weighted by molar-refractivity contribution is 7.12. The molecule has 2 aromatic heterocycles. The van der Waals surface area contributed by atoms with E-state index in [0.717, 1.165) is 34.5 Å². The lowest BCUT2D eigenvalue weighted by atomic mass is 10.1. The summed E-state index contributed by atoms with van der Waals surface area (Å²) in [4.78, 5) is 29.3. The van der Waals surface area contributed by atoms with Gasteiger partial charge in [-0.25, -0.2) is 4.79 Å². The van der Waals surface area contributed by atoms with E-state index in [4.69, 9.17) is 4.42 Å². The Kier molecular flexibility index (Phi) is 4.61. The number of piperazine rings is 1. The Morgan fingerprint density at radius 3 is 2.69 bits per heavy atom. The number of hydrogen-bond donors (Lipinski definition) is 0. The van der Waals surface area contributed by atoms with Crippen LogP contribution in [0.4, 0.5) is 0 Å². The normalized spacial score (nSPS) is 15.5. The molecule has 0 atom stereocenters. The van der Waals surface area contributed by atoms with E-state index in [1.54, 1.807) is 6.07 Å². The number of amides is 1. The molecule has 0 spiro atoms. The van der Waals surface area contributed by atoms with Gasteiger partial charge in [-0.05, 0) is 35.6 Å². The van der Waals surface area contributed by atoms with E-state index in [-0.39, 0.29) is 11.5 Å². The van der Waals surface area contributed by atoms with Gasteiger partial charge in [0.2, 0.25) is 0 Å². The predicted molar refractivity (Wildman–Crippen MR) is 103 cm³/mol. The average Bonchev–Trinajstić information content (AvgIpc) is 3.16. The van der Waals surface area contributed by atoms with Crippen molar-refractivity contribution < 1.29 is 9.21 Å². The summed E-state index contributed by atoms with van der Waals surface area (Å²) >= 11 is 1.48. The molecule has 1 saturated heterocycles. The van der Waals surface area contributed by atoms with Crippen molar-refractivity contribution in [2.75, 3.05) is 26.2 Å². The van der Waals surface area contributed by atoms with Crippen LogP contribution in [0.5, 0.6) is 0 Å². The Labute approximate surface area is 155 Å². The molecule has 134 valence electrons.